The number of hydrogen-bond acceptors (Lipinski definition) is 3. The number of nitrogens with zero attached hydrogens (tertiary/aromatic N) is 2. The van der Waals surface area contributed by atoms with E-state index in [0.717, 1.165) is 5.57 Å². The summed E-state index contributed by atoms with van der Waals surface area (Å²) in [6.07, 6.45) is 5.27. The molecule has 1 amide bonds. The highest BCUT2D eigenvalue weighted by Crippen LogP contribution is 2.35. The van der Waals surface area contributed by atoms with Gasteiger partial charge in [-0.05, 0) is 45.2 Å². The smallest absolute Gasteiger partial charge is 0.311 e. The molecule has 0 aliphatic carbocycles. The van der Waals surface area contributed by atoms with Gasteiger partial charge in [0.2, 0.25) is 0 Å². The average molecular weight is 302 g/mol. The number of carboxylic acid groups (broad SMARTS) is 1. The summed E-state index contributed by atoms with van der Waals surface area (Å²) in [7, 11) is 0. The summed E-state index contributed by atoms with van der Waals surface area (Å²) in [5.41, 5.74) is 0.569. The Morgan fingerprint density at radius 2 is 2.18 bits per heavy atom. The molecule has 0 radical (unpaired) electrons. The Bertz CT molecular complexity index is 579. The Labute approximate surface area is 130 Å². The zero-order valence-corrected chi connectivity index (χ0v) is 13.1. The molecule has 5 heteroatoms. The Balaban J connectivity index is 2.20. The van der Waals surface area contributed by atoms with E-state index in [1.54, 1.807) is 29.3 Å². The molecule has 0 aromatic carbocycles. The summed E-state index contributed by atoms with van der Waals surface area (Å²) in [4.78, 5) is 30.0. The number of carbonyl (C=O) groups is 2. The highest BCUT2D eigenvalue weighted by Gasteiger charge is 2.43. The number of hydrogen-bond donors (Lipinski definition) is 1. The normalized spacial score (nSPS) is 21.3. The second kappa shape index (κ2) is 6.73. The van der Waals surface area contributed by atoms with Gasteiger partial charge in [0.15, 0.2) is 0 Å². The topological polar surface area (TPSA) is 70.5 Å². The maximum Gasteiger partial charge on any atom is 0.311 e. The Hall–Kier alpha value is -2.17. The predicted octanol–water partition coefficient (Wildman–Crippen LogP) is 2.74. The highest BCUT2D eigenvalue weighted by atomic mass is 16.4. The van der Waals surface area contributed by atoms with Crippen LogP contribution < -0.4 is 0 Å². The van der Waals surface area contributed by atoms with Crippen molar-refractivity contribution in [2.24, 2.45) is 5.41 Å². The molecule has 1 saturated heterocycles. The van der Waals surface area contributed by atoms with Gasteiger partial charge >= 0.3 is 5.97 Å². The molecule has 2 rings (SSSR count). The lowest BCUT2D eigenvalue weighted by Gasteiger charge is -2.39. The van der Waals surface area contributed by atoms with E-state index in [1.165, 1.54) is 0 Å². The molecule has 1 aromatic heterocycles. The quantitative estimate of drug-likeness (QED) is 0.868. The third-order valence-electron chi connectivity index (χ3n) is 4.10. The minimum atomic E-state index is -0.889. The number of piperidine rings is 1. The van der Waals surface area contributed by atoms with E-state index in [9.17, 15) is 14.7 Å². The number of aliphatic carboxylic acids is 1. The SMILES string of the molecule is CC(C)=CCC1(C(=O)O)CCCN(C(=O)c2ccccn2)C1. The van der Waals surface area contributed by atoms with Gasteiger partial charge in [-0.25, -0.2) is 0 Å². The van der Waals surface area contributed by atoms with Gasteiger partial charge in [-0.3, -0.25) is 14.6 Å². The molecule has 0 bridgehead atoms. The largest absolute Gasteiger partial charge is 0.481 e. The third-order valence-corrected chi connectivity index (χ3v) is 4.10. The standard InChI is InChI=1S/C17H22N2O3/c1-13(2)7-9-17(16(21)22)8-5-11-19(12-17)15(20)14-6-3-4-10-18-14/h3-4,6-7,10H,5,8-9,11-12H2,1-2H3,(H,21,22). The summed E-state index contributed by atoms with van der Waals surface area (Å²) < 4.78 is 0. The number of amides is 1. The van der Waals surface area contributed by atoms with Gasteiger partial charge in [0.05, 0.1) is 5.41 Å². The minimum absolute atomic E-state index is 0.192. The van der Waals surface area contributed by atoms with E-state index in [1.807, 2.05) is 19.9 Å². The van der Waals surface area contributed by atoms with E-state index in [-0.39, 0.29) is 12.5 Å². The molecule has 0 saturated carbocycles. The molecule has 0 spiro atoms. The van der Waals surface area contributed by atoms with Gasteiger partial charge < -0.3 is 10.0 Å². The number of pyridine rings is 1. The van der Waals surface area contributed by atoms with Crippen molar-refractivity contribution in [2.45, 2.75) is 33.1 Å². The minimum Gasteiger partial charge on any atom is -0.481 e. The van der Waals surface area contributed by atoms with Crippen LogP contribution in [-0.2, 0) is 4.79 Å². The lowest BCUT2D eigenvalue weighted by molar-refractivity contribution is -0.151. The van der Waals surface area contributed by atoms with E-state index in [0.29, 0.717) is 31.5 Å². The Kier molecular flexibility index (Phi) is 4.96. The van der Waals surface area contributed by atoms with Crippen LogP contribution in [0.5, 0.6) is 0 Å². The van der Waals surface area contributed by atoms with Crippen LogP contribution in [0.15, 0.2) is 36.0 Å². The average Bonchev–Trinajstić information content (AvgIpc) is 2.53. The van der Waals surface area contributed by atoms with Crippen molar-refractivity contribution in [3.63, 3.8) is 0 Å². The van der Waals surface area contributed by atoms with Crippen molar-refractivity contribution < 1.29 is 14.7 Å². The molecule has 1 aliphatic rings. The van der Waals surface area contributed by atoms with Gasteiger partial charge in [-0.1, -0.05) is 17.7 Å². The van der Waals surface area contributed by atoms with Gasteiger partial charge in [-0.2, -0.15) is 0 Å². The van der Waals surface area contributed by atoms with Crippen LogP contribution in [0.2, 0.25) is 0 Å². The molecule has 5 nitrogen and oxygen atoms in total. The number of aromatic nitrogens is 1. The van der Waals surface area contributed by atoms with Crippen LogP contribution in [0.25, 0.3) is 0 Å². The fourth-order valence-corrected chi connectivity index (χ4v) is 2.78. The molecule has 1 unspecified atom stereocenters. The predicted molar refractivity (Wildman–Crippen MR) is 83.5 cm³/mol. The monoisotopic (exact) mass is 302 g/mol. The fraction of sp³-hybridized carbons (Fsp3) is 0.471. The Morgan fingerprint density at radius 1 is 1.41 bits per heavy atom. The second-order valence-corrected chi connectivity index (χ2v) is 6.12. The molecule has 2 heterocycles. The van der Waals surface area contributed by atoms with Crippen LogP contribution in [0.3, 0.4) is 0 Å². The molecule has 22 heavy (non-hydrogen) atoms. The van der Waals surface area contributed by atoms with Crippen molar-refractivity contribution >= 4 is 11.9 Å². The first kappa shape index (κ1) is 16.2. The van der Waals surface area contributed by atoms with Crippen LogP contribution >= 0.6 is 0 Å². The first-order valence-corrected chi connectivity index (χ1v) is 7.52. The van der Waals surface area contributed by atoms with Gasteiger partial charge in [0.1, 0.15) is 5.69 Å². The van der Waals surface area contributed by atoms with Crippen LogP contribution in [0.4, 0.5) is 0 Å². The van der Waals surface area contributed by atoms with Gasteiger partial charge in [-0.15, -0.1) is 0 Å². The lowest BCUT2D eigenvalue weighted by Crippen LogP contribution is -2.50. The maximum absolute atomic E-state index is 12.5. The van der Waals surface area contributed by atoms with Crippen molar-refractivity contribution in [2.75, 3.05) is 13.1 Å². The fourth-order valence-electron chi connectivity index (χ4n) is 2.78. The van der Waals surface area contributed by atoms with Crippen LogP contribution in [0.1, 0.15) is 43.6 Å². The first-order chi connectivity index (χ1) is 10.4. The van der Waals surface area contributed by atoms with Gasteiger partial charge in [0.25, 0.3) is 5.91 Å². The molecular weight excluding hydrogens is 280 g/mol. The summed E-state index contributed by atoms with van der Waals surface area (Å²) in [6.45, 7) is 4.73. The molecule has 1 aliphatic heterocycles. The number of carbonyl (C=O) groups excluding carboxylic acids is 1. The van der Waals surface area contributed by atoms with Crippen molar-refractivity contribution in [1.82, 2.24) is 9.88 Å². The zero-order valence-electron chi connectivity index (χ0n) is 13.1. The zero-order chi connectivity index (χ0) is 16.2. The number of rotatable bonds is 4. The van der Waals surface area contributed by atoms with E-state index >= 15 is 0 Å². The van der Waals surface area contributed by atoms with Crippen molar-refractivity contribution in [3.05, 3.63) is 41.7 Å². The highest BCUT2D eigenvalue weighted by molar-refractivity contribution is 5.92. The van der Waals surface area contributed by atoms with Crippen LogP contribution in [0, 0.1) is 5.41 Å². The summed E-state index contributed by atoms with van der Waals surface area (Å²) in [6, 6.07) is 5.18. The van der Waals surface area contributed by atoms with Gasteiger partial charge in [0, 0.05) is 19.3 Å². The lowest BCUT2D eigenvalue weighted by atomic mass is 9.76. The number of carboxylic acids is 1. The van der Waals surface area contributed by atoms with E-state index in [2.05, 4.69) is 4.98 Å². The molecule has 118 valence electrons. The molecule has 1 aromatic rings. The summed E-state index contributed by atoms with van der Waals surface area (Å²) in [5.74, 6) is -1.02. The molecule has 1 N–H and O–H groups in total. The van der Waals surface area contributed by atoms with E-state index in [4.69, 9.17) is 0 Å². The van der Waals surface area contributed by atoms with Crippen LogP contribution in [-0.4, -0.2) is 40.0 Å². The Morgan fingerprint density at radius 3 is 2.77 bits per heavy atom. The maximum atomic E-state index is 12.5. The number of allylic oxidation sites excluding steroid dienone is 2. The summed E-state index contributed by atoms with van der Waals surface area (Å²) in [5, 5.41) is 9.69. The molecule has 1 fully saturated rings. The first-order valence-electron chi connectivity index (χ1n) is 7.52. The third kappa shape index (κ3) is 3.53. The summed E-state index contributed by atoms with van der Waals surface area (Å²) >= 11 is 0. The second-order valence-electron chi connectivity index (χ2n) is 6.12. The van der Waals surface area contributed by atoms with Crippen molar-refractivity contribution in [1.29, 1.82) is 0 Å². The van der Waals surface area contributed by atoms with E-state index < -0.39 is 11.4 Å². The molecule has 1 atom stereocenters. The van der Waals surface area contributed by atoms with Crippen molar-refractivity contribution in [3.8, 4) is 0 Å². The molecular formula is C17H22N2O3. The number of likely N-dealkylation sites (tertiary alicyclic amines) is 1.